The molecule has 1 aliphatic rings. The quantitative estimate of drug-likeness (QED) is 0.757. The van der Waals surface area contributed by atoms with Crippen LogP contribution in [0.15, 0.2) is 24.3 Å². The molecule has 1 aromatic carbocycles. The van der Waals surface area contributed by atoms with Crippen molar-refractivity contribution in [3.63, 3.8) is 0 Å². The van der Waals surface area contributed by atoms with Crippen molar-refractivity contribution >= 4 is 5.91 Å². The molecule has 1 aromatic rings. The van der Waals surface area contributed by atoms with Crippen LogP contribution in [0.4, 0.5) is 0 Å². The fraction of sp³-hybridized carbons (Fsp3) is 0.611. The maximum absolute atomic E-state index is 12.6. The number of rotatable bonds is 7. The Morgan fingerprint density at radius 2 is 1.92 bits per heavy atom. The summed E-state index contributed by atoms with van der Waals surface area (Å²) in [6.07, 6.45) is 0.987. The summed E-state index contributed by atoms with van der Waals surface area (Å²) in [5.41, 5.74) is 0.578. The Hall–Kier alpha value is -1.63. The third-order valence-corrected chi connectivity index (χ3v) is 4.37. The fourth-order valence-corrected chi connectivity index (χ4v) is 2.94. The minimum atomic E-state index is -0.755. The monoisotopic (exact) mass is 335 g/mol. The van der Waals surface area contributed by atoms with Crippen LogP contribution >= 0.6 is 0 Å². The molecule has 0 saturated carbocycles. The molecule has 1 fully saturated rings. The third kappa shape index (κ3) is 4.69. The van der Waals surface area contributed by atoms with E-state index in [2.05, 4.69) is 4.90 Å². The average molecular weight is 335 g/mol. The number of amides is 1. The zero-order valence-corrected chi connectivity index (χ0v) is 15.1. The lowest BCUT2D eigenvalue weighted by Crippen LogP contribution is -2.44. The van der Waals surface area contributed by atoms with Crippen molar-refractivity contribution in [1.82, 2.24) is 14.7 Å². The van der Waals surface area contributed by atoms with E-state index in [0.717, 1.165) is 25.1 Å². The molecule has 6 nitrogen and oxygen atoms in total. The Labute approximate surface area is 144 Å². The SMILES string of the molecule is CN(C)CCCOc1ccc(C(=O)N2CC[C@@H](N(C)C)[C@@H]2O)cc1. The molecule has 1 heterocycles. The summed E-state index contributed by atoms with van der Waals surface area (Å²) in [4.78, 5) is 18.2. The number of aliphatic hydroxyl groups excluding tert-OH is 1. The molecule has 1 saturated heterocycles. The highest BCUT2D eigenvalue weighted by atomic mass is 16.5. The molecule has 1 amide bonds. The van der Waals surface area contributed by atoms with Crippen LogP contribution in [0.5, 0.6) is 5.75 Å². The Morgan fingerprint density at radius 3 is 2.46 bits per heavy atom. The van der Waals surface area contributed by atoms with Crippen LogP contribution in [0.1, 0.15) is 23.2 Å². The van der Waals surface area contributed by atoms with Crippen LogP contribution in [0.2, 0.25) is 0 Å². The predicted molar refractivity (Wildman–Crippen MR) is 94.2 cm³/mol. The van der Waals surface area contributed by atoms with Crippen LogP contribution in [-0.4, -0.2) is 85.9 Å². The van der Waals surface area contributed by atoms with Crippen molar-refractivity contribution in [1.29, 1.82) is 0 Å². The number of nitrogens with zero attached hydrogens (tertiary/aromatic N) is 3. The van der Waals surface area contributed by atoms with E-state index in [1.165, 1.54) is 4.90 Å². The minimum Gasteiger partial charge on any atom is -0.494 e. The first kappa shape index (κ1) is 18.7. The van der Waals surface area contributed by atoms with E-state index >= 15 is 0 Å². The van der Waals surface area contributed by atoms with Gasteiger partial charge in [-0.15, -0.1) is 0 Å². The molecule has 0 unspecified atom stereocenters. The number of carbonyl (C=O) groups is 1. The number of likely N-dealkylation sites (N-methyl/N-ethyl adjacent to an activating group) is 1. The summed E-state index contributed by atoms with van der Waals surface area (Å²) >= 11 is 0. The Morgan fingerprint density at radius 1 is 1.25 bits per heavy atom. The van der Waals surface area contributed by atoms with Gasteiger partial charge in [0.1, 0.15) is 12.0 Å². The highest BCUT2D eigenvalue weighted by Gasteiger charge is 2.37. The summed E-state index contributed by atoms with van der Waals surface area (Å²) < 4.78 is 5.68. The third-order valence-electron chi connectivity index (χ3n) is 4.37. The lowest BCUT2D eigenvalue weighted by Gasteiger charge is -2.27. The van der Waals surface area contributed by atoms with Crippen molar-refractivity contribution in [2.24, 2.45) is 0 Å². The number of hydrogen-bond donors (Lipinski definition) is 1. The first-order valence-corrected chi connectivity index (χ1v) is 8.43. The van der Waals surface area contributed by atoms with Gasteiger partial charge in [0.05, 0.1) is 12.6 Å². The van der Waals surface area contributed by atoms with Gasteiger partial charge >= 0.3 is 0 Å². The van der Waals surface area contributed by atoms with Gasteiger partial charge in [0.2, 0.25) is 0 Å². The van der Waals surface area contributed by atoms with Gasteiger partial charge in [-0.2, -0.15) is 0 Å². The first-order chi connectivity index (χ1) is 11.4. The van der Waals surface area contributed by atoms with Crippen molar-refractivity contribution < 1.29 is 14.6 Å². The minimum absolute atomic E-state index is 0.00625. The van der Waals surface area contributed by atoms with Gasteiger partial charge in [0, 0.05) is 18.7 Å². The van der Waals surface area contributed by atoms with Gasteiger partial charge in [0.25, 0.3) is 5.91 Å². The van der Waals surface area contributed by atoms with Crippen LogP contribution in [0, 0.1) is 0 Å². The molecule has 0 aliphatic carbocycles. The standard InChI is InChI=1S/C18H29N3O3/c1-19(2)11-5-13-24-15-8-6-14(7-9-15)17(22)21-12-10-16(18(21)23)20(3)4/h6-9,16,18,23H,5,10-13H2,1-4H3/t16-,18+/m1/s1. The number of hydrogen-bond acceptors (Lipinski definition) is 5. The molecule has 2 atom stereocenters. The highest BCUT2D eigenvalue weighted by Crippen LogP contribution is 2.22. The Balaban J connectivity index is 1.90. The second kappa shape index (κ2) is 8.46. The Bertz CT molecular complexity index is 531. The predicted octanol–water partition coefficient (Wildman–Crippen LogP) is 1.11. The van der Waals surface area contributed by atoms with Gasteiger partial charge in [-0.25, -0.2) is 0 Å². The summed E-state index contributed by atoms with van der Waals surface area (Å²) in [5.74, 6) is 0.629. The lowest BCUT2D eigenvalue weighted by atomic mass is 10.2. The van der Waals surface area contributed by atoms with Crippen LogP contribution in [0.25, 0.3) is 0 Å². The zero-order valence-electron chi connectivity index (χ0n) is 15.1. The molecule has 0 aromatic heterocycles. The van der Waals surface area contributed by atoms with Gasteiger partial charge < -0.3 is 24.5 Å². The summed E-state index contributed by atoms with van der Waals surface area (Å²) in [5, 5.41) is 10.3. The number of aliphatic hydroxyl groups is 1. The molecule has 0 spiro atoms. The molecular weight excluding hydrogens is 306 g/mol. The highest BCUT2D eigenvalue weighted by molar-refractivity contribution is 5.94. The van der Waals surface area contributed by atoms with E-state index in [0.29, 0.717) is 18.7 Å². The molecule has 0 radical (unpaired) electrons. The van der Waals surface area contributed by atoms with Gasteiger partial charge in [-0.3, -0.25) is 4.79 Å². The van der Waals surface area contributed by atoms with Crippen molar-refractivity contribution in [2.75, 3.05) is 47.9 Å². The smallest absolute Gasteiger partial charge is 0.255 e. The second-order valence-electron chi connectivity index (χ2n) is 6.76. The van der Waals surface area contributed by atoms with E-state index in [1.54, 1.807) is 12.1 Å². The number of carbonyl (C=O) groups excluding carboxylic acids is 1. The number of benzene rings is 1. The van der Waals surface area contributed by atoms with Crippen LogP contribution < -0.4 is 4.74 Å². The van der Waals surface area contributed by atoms with Crippen molar-refractivity contribution in [3.05, 3.63) is 29.8 Å². The Kier molecular flexibility index (Phi) is 6.60. The topological polar surface area (TPSA) is 56.2 Å². The number of ether oxygens (including phenoxy) is 1. The largest absolute Gasteiger partial charge is 0.494 e. The van der Waals surface area contributed by atoms with Gasteiger partial charge in [-0.1, -0.05) is 0 Å². The molecule has 0 bridgehead atoms. The van der Waals surface area contributed by atoms with E-state index in [9.17, 15) is 9.90 Å². The molecule has 2 rings (SSSR count). The molecule has 134 valence electrons. The van der Waals surface area contributed by atoms with Crippen molar-refractivity contribution in [3.8, 4) is 5.75 Å². The van der Waals surface area contributed by atoms with E-state index in [-0.39, 0.29) is 11.9 Å². The van der Waals surface area contributed by atoms with Crippen molar-refractivity contribution in [2.45, 2.75) is 25.1 Å². The molecular formula is C18H29N3O3. The second-order valence-corrected chi connectivity index (χ2v) is 6.76. The zero-order chi connectivity index (χ0) is 17.7. The van der Waals surface area contributed by atoms with Crippen LogP contribution in [-0.2, 0) is 0 Å². The van der Waals surface area contributed by atoms with E-state index in [4.69, 9.17) is 4.74 Å². The summed E-state index contributed by atoms with van der Waals surface area (Å²) in [6, 6.07) is 7.15. The molecule has 24 heavy (non-hydrogen) atoms. The molecule has 1 aliphatic heterocycles. The lowest BCUT2D eigenvalue weighted by molar-refractivity contribution is 0.00173. The normalized spacial score (nSPS) is 20.9. The average Bonchev–Trinajstić information content (AvgIpc) is 2.93. The fourth-order valence-electron chi connectivity index (χ4n) is 2.94. The van der Waals surface area contributed by atoms with Gasteiger partial charge in [-0.05, 0) is 65.3 Å². The molecule has 1 N–H and O–H groups in total. The van der Waals surface area contributed by atoms with E-state index < -0.39 is 6.23 Å². The van der Waals surface area contributed by atoms with Gasteiger partial charge in [0.15, 0.2) is 0 Å². The molecule has 6 heteroatoms. The maximum atomic E-state index is 12.6. The van der Waals surface area contributed by atoms with Crippen LogP contribution in [0.3, 0.4) is 0 Å². The number of likely N-dealkylation sites (tertiary alicyclic amines) is 1. The summed E-state index contributed by atoms with van der Waals surface area (Å²) in [6.45, 7) is 2.21. The first-order valence-electron chi connectivity index (χ1n) is 8.43. The summed E-state index contributed by atoms with van der Waals surface area (Å²) in [7, 11) is 7.91. The van der Waals surface area contributed by atoms with E-state index in [1.807, 2.05) is 45.2 Å². The maximum Gasteiger partial charge on any atom is 0.255 e.